The monoisotopic (exact) mass is 1170 g/mol. The summed E-state index contributed by atoms with van der Waals surface area (Å²) in [4.78, 5) is 54.5. The molecule has 2 bridgehead atoms. The normalized spacial score (nSPS) is 35.7. The van der Waals surface area contributed by atoms with E-state index >= 15 is 0 Å². The number of hydrogen-bond donors (Lipinski definition) is 6. The van der Waals surface area contributed by atoms with E-state index < -0.39 is 101 Å². The van der Waals surface area contributed by atoms with Crippen molar-refractivity contribution in [1.82, 2.24) is 5.32 Å². The number of nitrogens with one attached hydrogen (secondary N) is 1. The third-order valence-corrected chi connectivity index (χ3v) is 12.6. The Morgan fingerprint density at radius 2 is 1.67 bits per heavy atom. The van der Waals surface area contributed by atoms with Gasteiger partial charge in [0.15, 0.2) is 11.9 Å². The van der Waals surface area contributed by atoms with Crippen LogP contribution in [0.3, 0.4) is 0 Å². The Kier molecular flexibility index (Phi) is 13.6. The number of carbonyl (C=O) groups is 4. The van der Waals surface area contributed by atoms with Crippen molar-refractivity contribution in [2.75, 3.05) is 6.61 Å². The molecule has 6 rings (SSSR count). The molecular formula is C36H43Ac2NO12S. The van der Waals surface area contributed by atoms with Gasteiger partial charge >= 0.3 is 11.9 Å². The van der Waals surface area contributed by atoms with Crippen molar-refractivity contribution in [3.63, 3.8) is 0 Å². The Balaban J connectivity index is 0.00000302. The van der Waals surface area contributed by atoms with Crippen LogP contribution in [0.25, 0.3) is 0 Å². The number of hydrogen-bond acceptors (Lipinski definition) is 13. The molecule has 1 amide bonds. The maximum Gasteiger partial charge on any atom is 0.338 e. The van der Waals surface area contributed by atoms with Crippen molar-refractivity contribution in [2.45, 2.75) is 101 Å². The predicted molar refractivity (Wildman–Crippen MR) is 176 cm³/mol. The van der Waals surface area contributed by atoms with Gasteiger partial charge in [-0.25, -0.2) is 9.59 Å². The molecule has 2 saturated carbocycles. The molecule has 276 valence electrons. The van der Waals surface area contributed by atoms with E-state index in [1.165, 1.54) is 44.2 Å². The predicted octanol–water partition coefficient (Wildman–Crippen LogP) is 1.36. The van der Waals surface area contributed by atoms with Gasteiger partial charge in [0.25, 0.3) is 0 Å². The fourth-order valence-corrected chi connectivity index (χ4v) is 9.52. The summed E-state index contributed by atoms with van der Waals surface area (Å²) in [6.07, 6.45) is -10.0. The van der Waals surface area contributed by atoms with Crippen LogP contribution in [0.1, 0.15) is 68.7 Å². The molecule has 1 aromatic carbocycles. The standard InChI is InChI=1S/C36H43NO12S.2Ac/c1-17-20(48-32(44)27(41)25(37-18(2)38)21-12-9-13-50-21)15-36(46)30(49-31(43)19-10-7-6-8-11-19)28-34(5,22(39)14-23-35(28,45)16-47-23)29(42)26(40)24(17)33(36,3)4;;/h6-13,20,22-23,25-28,30,39-41,45-46H,14-16H2,1-5H3,(H,37,38);;/t20?,22?,23?,25?,26?,27?,28?,30?,34-,35+,36?;;/m1../s1. The molecule has 6 N–H and O–H groups in total. The quantitative estimate of drug-likeness (QED) is 0.172. The molecular weight excluding hydrogens is 1120 g/mol. The van der Waals surface area contributed by atoms with E-state index in [-0.39, 0.29) is 118 Å². The number of aliphatic hydroxyl groups excluding tert-OH is 3. The minimum absolute atomic E-state index is 0. The van der Waals surface area contributed by atoms with E-state index in [4.69, 9.17) is 14.2 Å². The Morgan fingerprint density at radius 1 is 1.02 bits per heavy atom. The van der Waals surface area contributed by atoms with Crippen LogP contribution in [0, 0.1) is 105 Å². The van der Waals surface area contributed by atoms with Crippen molar-refractivity contribution in [1.29, 1.82) is 0 Å². The van der Waals surface area contributed by atoms with E-state index in [0.29, 0.717) is 4.88 Å². The first-order valence-corrected chi connectivity index (χ1v) is 17.4. The Labute approximate surface area is 377 Å². The summed E-state index contributed by atoms with van der Waals surface area (Å²) >= 11 is 1.20. The molecule has 52 heavy (non-hydrogen) atoms. The van der Waals surface area contributed by atoms with Crippen molar-refractivity contribution in [3.05, 3.63) is 69.4 Å². The minimum atomic E-state index is -2.27. The maximum atomic E-state index is 14.6. The second kappa shape index (κ2) is 16.1. The second-order valence-electron chi connectivity index (χ2n) is 14.7. The van der Waals surface area contributed by atoms with Gasteiger partial charge in [-0.3, -0.25) is 9.59 Å². The van der Waals surface area contributed by atoms with E-state index in [1.54, 1.807) is 49.6 Å². The largest absolute Gasteiger partial charge is 0.456 e. The van der Waals surface area contributed by atoms with E-state index in [0.717, 1.165) is 0 Å². The average Bonchev–Trinajstić information content (AvgIpc) is 3.60. The number of Topliss-reactive ketones (excluding diaryl/α,β-unsaturated/α-hetero) is 1. The number of esters is 2. The van der Waals surface area contributed by atoms with Crippen LogP contribution in [0.2, 0.25) is 0 Å². The molecule has 2 radical (unpaired) electrons. The molecule has 9 unspecified atom stereocenters. The van der Waals surface area contributed by atoms with Gasteiger partial charge in [0.2, 0.25) is 5.91 Å². The maximum absolute atomic E-state index is 14.6. The molecule has 0 spiro atoms. The van der Waals surface area contributed by atoms with Gasteiger partial charge in [-0.1, -0.05) is 38.1 Å². The number of fused-ring (bicyclic) bond motifs is 5. The number of aliphatic hydroxyl groups is 5. The smallest absolute Gasteiger partial charge is 0.338 e. The molecule has 2 aromatic rings. The fraction of sp³-hybridized carbons (Fsp3) is 0.556. The van der Waals surface area contributed by atoms with E-state index in [1.807, 2.05) is 0 Å². The molecule has 1 saturated heterocycles. The summed E-state index contributed by atoms with van der Waals surface area (Å²) in [6.45, 7) is 6.96. The summed E-state index contributed by atoms with van der Waals surface area (Å²) in [7, 11) is 0. The molecule has 4 aliphatic rings. The van der Waals surface area contributed by atoms with Crippen molar-refractivity contribution in [3.8, 4) is 0 Å². The summed E-state index contributed by atoms with van der Waals surface area (Å²) in [5.41, 5.74) is -7.36. The van der Waals surface area contributed by atoms with Crippen LogP contribution >= 0.6 is 11.3 Å². The second-order valence-corrected chi connectivity index (χ2v) is 15.7. The van der Waals surface area contributed by atoms with Crippen LogP contribution in [0.15, 0.2) is 59.0 Å². The molecule has 3 fully saturated rings. The van der Waals surface area contributed by atoms with Crippen LogP contribution in [0.5, 0.6) is 0 Å². The Bertz CT molecular complexity index is 1720. The fourth-order valence-electron chi connectivity index (χ4n) is 8.72. The number of amides is 1. The van der Waals surface area contributed by atoms with Gasteiger partial charge in [-0.05, 0) is 48.6 Å². The molecule has 13 nitrogen and oxygen atoms in total. The van der Waals surface area contributed by atoms with Gasteiger partial charge < -0.3 is 45.1 Å². The zero-order valence-electron chi connectivity index (χ0n) is 29.5. The summed E-state index contributed by atoms with van der Waals surface area (Å²) in [5.74, 6) is -4.94. The van der Waals surface area contributed by atoms with Crippen LogP contribution < -0.4 is 5.32 Å². The van der Waals surface area contributed by atoms with E-state index in [2.05, 4.69) is 5.32 Å². The molecule has 16 heteroatoms. The summed E-state index contributed by atoms with van der Waals surface area (Å²) in [5, 5.41) is 64.2. The third kappa shape index (κ3) is 7.01. The first-order valence-electron chi connectivity index (χ1n) is 16.5. The Hall–Kier alpha value is -0.617. The van der Waals surface area contributed by atoms with Crippen LogP contribution in [-0.2, 0) is 28.6 Å². The summed E-state index contributed by atoms with van der Waals surface area (Å²) < 4.78 is 17.7. The number of thiophene rings is 1. The van der Waals surface area contributed by atoms with Crippen molar-refractivity contribution in [2.24, 2.45) is 16.7 Å². The minimum Gasteiger partial charge on any atom is -0.456 e. The zero-order chi connectivity index (χ0) is 36.6. The summed E-state index contributed by atoms with van der Waals surface area (Å²) in [6, 6.07) is 10.1. The number of ketones is 1. The number of carbonyl (C=O) groups excluding carboxylic acids is 4. The number of ether oxygens (including phenoxy) is 3. The number of benzene rings is 1. The zero-order valence-corrected chi connectivity index (χ0v) is 39.8. The molecule has 1 aromatic heterocycles. The van der Waals surface area contributed by atoms with Gasteiger partial charge in [0.05, 0.1) is 29.8 Å². The average molecular weight is 1170 g/mol. The van der Waals surface area contributed by atoms with Crippen molar-refractivity contribution < 1.29 is 147 Å². The molecule has 1 aliphatic heterocycles. The van der Waals surface area contributed by atoms with Gasteiger partial charge in [0.1, 0.15) is 35.6 Å². The first-order chi connectivity index (χ1) is 23.4. The number of rotatable bonds is 7. The third-order valence-electron chi connectivity index (χ3n) is 11.6. The van der Waals surface area contributed by atoms with Crippen molar-refractivity contribution >= 4 is 35.0 Å². The molecule has 2 heterocycles. The molecule has 3 aliphatic carbocycles. The topological polar surface area (TPSA) is 209 Å². The molecule has 11 atom stereocenters. The van der Waals surface area contributed by atoms with E-state index in [9.17, 15) is 44.7 Å². The van der Waals surface area contributed by atoms with Gasteiger partial charge in [-0.15, -0.1) is 11.3 Å². The van der Waals surface area contributed by atoms with Crippen LogP contribution in [0.4, 0.5) is 0 Å². The van der Waals surface area contributed by atoms with Crippen LogP contribution in [-0.4, -0.2) is 104 Å². The Morgan fingerprint density at radius 3 is 2.23 bits per heavy atom. The van der Waals surface area contributed by atoms with Gasteiger partial charge in [-0.2, -0.15) is 0 Å². The SMILES string of the molecule is CC(=O)NC(c1cccs1)C(O)C(=O)OC1CC2(O)C(OC(=O)c3ccccc3)C3[C@]4(O)COC4CC(O)[C@@]3(C)C(=O)C(O)C(=C1C)C2(C)C.[Ac].[Ac]. The van der Waals surface area contributed by atoms with Gasteiger partial charge in [0, 0.05) is 124 Å². The first kappa shape index (κ1) is 44.1.